The van der Waals surface area contributed by atoms with Gasteiger partial charge in [0.05, 0.1) is 12.1 Å². The number of hydrogen-bond acceptors (Lipinski definition) is 3. The van der Waals surface area contributed by atoms with Gasteiger partial charge in [-0.1, -0.05) is 48.3 Å². The topological polar surface area (TPSA) is 61.4 Å². The molecule has 8 heteroatoms. The highest BCUT2D eigenvalue weighted by atomic mass is 35.5. The van der Waals surface area contributed by atoms with Crippen LogP contribution in [0.25, 0.3) is 0 Å². The van der Waals surface area contributed by atoms with Gasteiger partial charge in [0.15, 0.2) is 4.84 Å². The number of alkyl halides is 2. The number of benzene rings is 2. The van der Waals surface area contributed by atoms with Gasteiger partial charge in [-0.3, -0.25) is 4.79 Å². The van der Waals surface area contributed by atoms with Crippen LogP contribution >= 0.6 is 23.2 Å². The number of amides is 1. The van der Waals surface area contributed by atoms with Crippen LogP contribution in [0, 0.1) is 11.6 Å². The summed E-state index contributed by atoms with van der Waals surface area (Å²) >= 11 is 11.3. The molecule has 1 aliphatic carbocycles. The van der Waals surface area contributed by atoms with Crippen LogP contribution in [-0.4, -0.2) is 34.5 Å². The number of nitrogens with one attached hydrogen (secondary N) is 2. The highest BCUT2D eigenvalue weighted by molar-refractivity contribution is 6.53. The number of halogens is 4. The molecule has 0 spiro atoms. The zero-order valence-corrected chi connectivity index (χ0v) is 19.4. The Morgan fingerprint density at radius 3 is 2.53 bits per heavy atom. The second kappa shape index (κ2) is 11.4. The monoisotopic (exact) mass is 484 g/mol. The van der Waals surface area contributed by atoms with Gasteiger partial charge in [-0.25, -0.2) is 8.78 Å². The molecule has 0 aliphatic heterocycles. The third-order valence-corrected chi connectivity index (χ3v) is 6.27. The number of aliphatic hydroxyl groups is 1. The zero-order chi connectivity index (χ0) is 23.3. The molecule has 0 radical (unpaired) electrons. The van der Waals surface area contributed by atoms with E-state index in [4.69, 9.17) is 23.2 Å². The Hall–Kier alpha value is -1.73. The molecule has 0 bridgehead atoms. The standard InChI is InChI=1S/C24H28Cl2F2N2O2/c1-2-14-6-7-16-4-3-5-20(19(16)10-14)29-13-22(31)21(30-24(32)23(25)26)11-15-8-17(27)12-18(28)9-15/h6-10,12,20-23,29,31H,2-5,11,13H2,1H3,(H,30,32)/t20-,21-,22+/m0/s1. The smallest absolute Gasteiger partial charge is 0.253 e. The fraction of sp³-hybridized carbons (Fsp3) is 0.458. The average molecular weight is 485 g/mol. The molecular weight excluding hydrogens is 457 g/mol. The number of carbonyl (C=O) groups excluding carboxylic acids is 1. The van der Waals surface area contributed by atoms with Crippen LogP contribution in [0.15, 0.2) is 36.4 Å². The van der Waals surface area contributed by atoms with Crippen LogP contribution in [0.1, 0.15) is 48.1 Å². The van der Waals surface area contributed by atoms with Gasteiger partial charge in [-0.2, -0.15) is 0 Å². The number of aryl methyl sites for hydroxylation is 2. The number of rotatable bonds is 9. The molecular formula is C24H28Cl2F2N2O2. The van der Waals surface area contributed by atoms with E-state index >= 15 is 0 Å². The molecule has 3 rings (SSSR count). The van der Waals surface area contributed by atoms with Crippen molar-refractivity contribution in [3.63, 3.8) is 0 Å². The predicted molar refractivity (Wildman–Crippen MR) is 123 cm³/mol. The third-order valence-electron chi connectivity index (χ3n) is 5.87. The van der Waals surface area contributed by atoms with E-state index in [2.05, 4.69) is 35.8 Å². The summed E-state index contributed by atoms with van der Waals surface area (Å²) in [6.07, 6.45) is 2.93. The predicted octanol–water partition coefficient (Wildman–Crippen LogP) is 4.39. The summed E-state index contributed by atoms with van der Waals surface area (Å²) < 4.78 is 27.2. The van der Waals surface area contributed by atoms with E-state index in [1.54, 1.807) is 0 Å². The summed E-state index contributed by atoms with van der Waals surface area (Å²) in [7, 11) is 0. The maximum atomic E-state index is 13.6. The van der Waals surface area contributed by atoms with Crippen molar-refractivity contribution in [1.29, 1.82) is 0 Å². The summed E-state index contributed by atoms with van der Waals surface area (Å²) in [5.41, 5.74) is 4.10. The minimum absolute atomic E-state index is 0.0189. The lowest BCUT2D eigenvalue weighted by molar-refractivity contribution is -0.121. The number of carbonyl (C=O) groups is 1. The SMILES string of the molecule is CCc1ccc2c(c1)[C@@H](NC[C@@H](O)[C@H](Cc1cc(F)cc(F)c1)NC(=O)C(Cl)Cl)CCC2. The molecule has 1 aliphatic rings. The largest absolute Gasteiger partial charge is 0.390 e. The quantitative estimate of drug-likeness (QED) is 0.462. The molecule has 2 aromatic carbocycles. The van der Waals surface area contributed by atoms with Crippen molar-refractivity contribution < 1.29 is 18.7 Å². The summed E-state index contributed by atoms with van der Waals surface area (Å²) in [5, 5.41) is 16.9. The Morgan fingerprint density at radius 2 is 1.88 bits per heavy atom. The molecule has 2 aromatic rings. The Labute approximate surface area is 197 Å². The maximum absolute atomic E-state index is 13.6. The van der Waals surface area contributed by atoms with Gasteiger partial charge in [0, 0.05) is 18.7 Å². The van der Waals surface area contributed by atoms with Gasteiger partial charge in [0.2, 0.25) is 0 Å². The molecule has 0 unspecified atom stereocenters. The molecule has 3 atom stereocenters. The first kappa shape index (κ1) is 24.9. The fourth-order valence-corrected chi connectivity index (χ4v) is 4.32. The van der Waals surface area contributed by atoms with Crippen molar-refractivity contribution in [1.82, 2.24) is 10.6 Å². The summed E-state index contributed by atoms with van der Waals surface area (Å²) in [6, 6.07) is 8.88. The molecule has 1 amide bonds. The molecule has 0 fully saturated rings. The van der Waals surface area contributed by atoms with Crippen LogP contribution in [0.4, 0.5) is 8.78 Å². The molecule has 174 valence electrons. The molecule has 3 N–H and O–H groups in total. The van der Waals surface area contributed by atoms with Crippen molar-refractivity contribution in [3.8, 4) is 0 Å². The Balaban J connectivity index is 1.72. The fourth-order valence-electron chi connectivity index (χ4n) is 4.20. The highest BCUT2D eigenvalue weighted by Crippen LogP contribution is 2.30. The molecule has 0 saturated heterocycles. The Kier molecular flexibility index (Phi) is 8.88. The van der Waals surface area contributed by atoms with E-state index in [1.807, 2.05) is 0 Å². The molecule has 4 nitrogen and oxygen atoms in total. The normalized spacial score (nSPS) is 17.7. The lowest BCUT2D eigenvalue weighted by Crippen LogP contribution is -2.50. The molecule has 32 heavy (non-hydrogen) atoms. The van der Waals surface area contributed by atoms with Gasteiger partial charge in [0.1, 0.15) is 11.6 Å². The van der Waals surface area contributed by atoms with Crippen LogP contribution < -0.4 is 10.6 Å². The van der Waals surface area contributed by atoms with E-state index in [-0.39, 0.29) is 19.0 Å². The highest BCUT2D eigenvalue weighted by Gasteiger charge is 2.27. The second-order valence-electron chi connectivity index (χ2n) is 8.20. The van der Waals surface area contributed by atoms with E-state index < -0.39 is 34.5 Å². The third kappa shape index (κ3) is 6.64. The Morgan fingerprint density at radius 1 is 1.16 bits per heavy atom. The zero-order valence-electron chi connectivity index (χ0n) is 17.9. The first-order valence-electron chi connectivity index (χ1n) is 10.8. The summed E-state index contributed by atoms with van der Waals surface area (Å²) in [5.74, 6) is -2.13. The van der Waals surface area contributed by atoms with Gasteiger partial charge in [-0.05, 0) is 66.5 Å². The Bertz CT molecular complexity index is 922. The van der Waals surface area contributed by atoms with Crippen molar-refractivity contribution in [3.05, 3.63) is 70.3 Å². The first-order chi connectivity index (χ1) is 15.3. The van der Waals surface area contributed by atoms with Crippen LogP contribution in [0.5, 0.6) is 0 Å². The lowest BCUT2D eigenvalue weighted by Gasteiger charge is -2.30. The van der Waals surface area contributed by atoms with E-state index in [0.717, 1.165) is 31.7 Å². The van der Waals surface area contributed by atoms with Gasteiger partial charge in [0.25, 0.3) is 5.91 Å². The minimum atomic E-state index is -1.32. The van der Waals surface area contributed by atoms with Gasteiger partial charge < -0.3 is 15.7 Å². The molecule has 0 heterocycles. The van der Waals surface area contributed by atoms with Crippen molar-refractivity contribution >= 4 is 29.1 Å². The minimum Gasteiger partial charge on any atom is -0.390 e. The maximum Gasteiger partial charge on any atom is 0.253 e. The van der Waals surface area contributed by atoms with E-state index in [1.165, 1.54) is 28.8 Å². The first-order valence-corrected chi connectivity index (χ1v) is 11.7. The number of aliphatic hydroxyl groups excluding tert-OH is 1. The summed E-state index contributed by atoms with van der Waals surface area (Å²) in [4.78, 5) is 10.7. The molecule has 0 aromatic heterocycles. The van der Waals surface area contributed by atoms with Crippen molar-refractivity contribution in [2.45, 2.75) is 62.1 Å². The van der Waals surface area contributed by atoms with Crippen molar-refractivity contribution in [2.75, 3.05) is 6.54 Å². The van der Waals surface area contributed by atoms with Gasteiger partial charge >= 0.3 is 0 Å². The van der Waals surface area contributed by atoms with E-state index in [0.29, 0.717) is 5.56 Å². The molecule has 0 saturated carbocycles. The van der Waals surface area contributed by atoms with Crippen LogP contribution in [0.2, 0.25) is 0 Å². The van der Waals surface area contributed by atoms with E-state index in [9.17, 15) is 18.7 Å². The summed E-state index contributed by atoms with van der Waals surface area (Å²) in [6.45, 7) is 2.29. The van der Waals surface area contributed by atoms with Crippen LogP contribution in [-0.2, 0) is 24.1 Å². The average Bonchev–Trinajstić information content (AvgIpc) is 2.75. The lowest BCUT2D eigenvalue weighted by atomic mass is 9.86. The number of hydrogen-bond donors (Lipinski definition) is 3. The van der Waals surface area contributed by atoms with Gasteiger partial charge in [-0.15, -0.1) is 0 Å². The van der Waals surface area contributed by atoms with Crippen LogP contribution in [0.3, 0.4) is 0 Å². The second-order valence-corrected chi connectivity index (χ2v) is 9.30. The van der Waals surface area contributed by atoms with Crippen molar-refractivity contribution in [2.24, 2.45) is 0 Å². The number of fused-ring (bicyclic) bond motifs is 1.